The number of benzene rings is 1. The Hall–Kier alpha value is -2.83. The SMILES string of the molecule is Cc1cc(C)cc(C(=O)N2CCN(C(=O)CCn3ccc(N)n3)CC2)c1. The summed E-state index contributed by atoms with van der Waals surface area (Å²) in [6, 6.07) is 7.60. The van der Waals surface area contributed by atoms with Gasteiger partial charge in [-0.05, 0) is 32.0 Å². The maximum atomic E-state index is 12.7. The van der Waals surface area contributed by atoms with Crippen molar-refractivity contribution in [2.24, 2.45) is 0 Å². The third-order valence-electron chi connectivity index (χ3n) is 4.60. The number of nitrogens with two attached hydrogens (primary N) is 1. The van der Waals surface area contributed by atoms with Gasteiger partial charge in [0.1, 0.15) is 5.82 Å². The number of nitrogens with zero attached hydrogens (tertiary/aromatic N) is 4. The van der Waals surface area contributed by atoms with E-state index in [0.29, 0.717) is 45.0 Å². The van der Waals surface area contributed by atoms with Crippen LogP contribution in [0.3, 0.4) is 0 Å². The average Bonchev–Trinajstić information content (AvgIpc) is 3.03. The number of carbonyl (C=O) groups excluding carboxylic acids is 2. The van der Waals surface area contributed by atoms with Gasteiger partial charge >= 0.3 is 0 Å². The Morgan fingerprint density at radius 3 is 2.23 bits per heavy atom. The molecule has 1 aromatic carbocycles. The number of hydrogen-bond acceptors (Lipinski definition) is 4. The van der Waals surface area contributed by atoms with Crippen LogP contribution < -0.4 is 5.73 Å². The number of aromatic nitrogens is 2. The minimum absolute atomic E-state index is 0.0379. The monoisotopic (exact) mass is 355 g/mol. The Balaban J connectivity index is 1.51. The van der Waals surface area contributed by atoms with E-state index in [9.17, 15) is 9.59 Å². The molecule has 0 aliphatic carbocycles. The second-order valence-electron chi connectivity index (χ2n) is 6.80. The molecule has 1 aliphatic rings. The summed E-state index contributed by atoms with van der Waals surface area (Å²) in [5.74, 6) is 0.574. The molecule has 0 bridgehead atoms. The van der Waals surface area contributed by atoms with Crippen LogP contribution in [0.4, 0.5) is 5.82 Å². The van der Waals surface area contributed by atoms with E-state index in [1.807, 2.05) is 35.8 Å². The van der Waals surface area contributed by atoms with E-state index >= 15 is 0 Å². The van der Waals surface area contributed by atoms with Crippen LogP contribution in [0.5, 0.6) is 0 Å². The number of rotatable bonds is 4. The van der Waals surface area contributed by atoms with Gasteiger partial charge in [0.25, 0.3) is 5.91 Å². The number of aryl methyl sites for hydroxylation is 3. The van der Waals surface area contributed by atoms with E-state index < -0.39 is 0 Å². The van der Waals surface area contributed by atoms with E-state index in [1.165, 1.54) is 0 Å². The standard InChI is InChI=1S/C19H25N5O2/c1-14-11-15(2)13-16(12-14)19(26)23-9-7-22(8-10-23)18(25)4-6-24-5-3-17(20)21-24/h3,5,11-13H,4,6-10H2,1-2H3,(H2,20,21). The summed E-state index contributed by atoms with van der Waals surface area (Å²) in [6.07, 6.45) is 2.15. The van der Waals surface area contributed by atoms with Gasteiger partial charge in [0, 0.05) is 50.9 Å². The van der Waals surface area contributed by atoms with Gasteiger partial charge in [-0.15, -0.1) is 0 Å². The topological polar surface area (TPSA) is 84.5 Å². The van der Waals surface area contributed by atoms with Gasteiger partial charge in [-0.2, -0.15) is 5.10 Å². The lowest BCUT2D eigenvalue weighted by atomic mass is 10.1. The minimum atomic E-state index is 0.0379. The molecule has 1 fully saturated rings. The quantitative estimate of drug-likeness (QED) is 0.900. The molecular formula is C19H25N5O2. The molecule has 0 atom stereocenters. The van der Waals surface area contributed by atoms with Crippen molar-refractivity contribution in [1.29, 1.82) is 0 Å². The van der Waals surface area contributed by atoms with Gasteiger partial charge in [-0.3, -0.25) is 14.3 Å². The first kappa shape index (κ1) is 18.0. The van der Waals surface area contributed by atoms with Crippen LogP contribution in [0.2, 0.25) is 0 Å². The predicted molar refractivity (Wildman–Crippen MR) is 99.7 cm³/mol. The second kappa shape index (κ2) is 7.59. The van der Waals surface area contributed by atoms with Crippen molar-refractivity contribution in [3.63, 3.8) is 0 Å². The highest BCUT2D eigenvalue weighted by molar-refractivity contribution is 5.94. The highest BCUT2D eigenvalue weighted by Gasteiger charge is 2.24. The summed E-state index contributed by atoms with van der Waals surface area (Å²) in [4.78, 5) is 28.7. The Bertz CT molecular complexity index is 786. The zero-order valence-electron chi connectivity index (χ0n) is 15.3. The molecule has 2 aromatic rings. The molecule has 0 saturated carbocycles. The summed E-state index contributed by atoms with van der Waals surface area (Å²) in [7, 11) is 0. The molecule has 1 aromatic heterocycles. The van der Waals surface area contributed by atoms with E-state index in [2.05, 4.69) is 11.2 Å². The average molecular weight is 355 g/mol. The van der Waals surface area contributed by atoms with E-state index in [1.54, 1.807) is 16.9 Å². The maximum Gasteiger partial charge on any atom is 0.253 e. The van der Waals surface area contributed by atoms with Gasteiger partial charge in [-0.25, -0.2) is 0 Å². The molecule has 1 aliphatic heterocycles. The van der Waals surface area contributed by atoms with Gasteiger partial charge in [-0.1, -0.05) is 17.2 Å². The maximum absolute atomic E-state index is 12.7. The molecule has 3 rings (SSSR count). The molecule has 26 heavy (non-hydrogen) atoms. The number of amides is 2. The summed E-state index contributed by atoms with van der Waals surface area (Å²) in [5.41, 5.74) is 8.46. The Morgan fingerprint density at radius 2 is 1.65 bits per heavy atom. The van der Waals surface area contributed by atoms with Gasteiger partial charge < -0.3 is 15.5 Å². The second-order valence-corrected chi connectivity index (χ2v) is 6.80. The van der Waals surface area contributed by atoms with Crippen LogP contribution in [0.25, 0.3) is 0 Å². The zero-order chi connectivity index (χ0) is 18.7. The van der Waals surface area contributed by atoms with Crippen LogP contribution in [-0.4, -0.2) is 57.6 Å². The smallest absolute Gasteiger partial charge is 0.253 e. The van der Waals surface area contributed by atoms with Crippen LogP contribution in [-0.2, 0) is 11.3 Å². The number of carbonyl (C=O) groups is 2. The van der Waals surface area contributed by atoms with Gasteiger partial charge in [0.15, 0.2) is 0 Å². The summed E-state index contributed by atoms with van der Waals surface area (Å²) in [6.45, 7) is 6.75. The largest absolute Gasteiger partial charge is 0.382 e. The first-order valence-electron chi connectivity index (χ1n) is 8.86. The normalized spacial score (nSPS) is 14.5. The van der Waals surface area contributed by atoms with Crippen LogP contribution in [0.1, 0.15) is 27.9 Å². The van der Waals surface area contributed by atoms with Crippen LogP contribution >= 0.6 is 0 Å². The molecular weight excluding hydrogens is 330 g/mol. The van der Waals surface area contributed by atoms with Crippen molar-refractivity contribution >= 4 is 17.6 Å². The minimum Gasteiger partial charge on any atom is -0.382 e. The fourth-order valence-corrected chi connectivity index (χ4v) is 3.31. The predicted octanol–water partition coefficient (Wildman–Crippen LogP) is 1.46. The van der Waals surface area contributed by atoms with Gasteiger partial charge in [0.2, 0.25) is 5.91 Å². The molecule has 2 heterocycles. The highest BCUT2D eigenvalue weighted by atomic mass is 16.2. The zero-order valence-corrected chi connectivity index (χ0v) is 15.3. The lowest BCUT2D eigenvalue weighted by Crippen LogP contribution is -2.50. The third kappa shape index (κ3) is 4.22. The lowest BCUT2D eigenvalue weighted by Gasteiger charge is -2.35. The fourth-order valence-electron chi connectivity index (χ4n) is 3.31. The van der Waals surface area contributed by atoms with Crippen molar-refractivity contribution in [3.8, 4) is 0 Å². The molecule has 0 spiro atoms. The van der Waals surface area contributed by atoms with E-state index in [4.69, 9.17) is 5.73 Å². The number of anilines is 1. The first-order valence-corrected chi connectivity index (χ1v) is 8.86. The summed E-state index contributed by atoms with van der Waals surface area (Å²) < 4.78 is 1.67. The summed E-state index contributed by atoms with van der Waals surface area (Å²) >= 11 is 0. The highest BCUT2D eigenvalue weighted by Crippen LogP contribution is 2.14. The Morgan fingerprint density at radius 1 is 1.04 bits per heavy atom. The third-order valence-corrected chi connectivity index (χ3v) is 4.60. The van der Waals surface area contributed by atoms with Crippen molar-refractivity contribution in [3.05, 3.63) is 47.2 Å². The van der Waals surface area contributed by atoms with Gasteiger partial charge in [0.05, 0.1) is 0 Å². The molecule has 7 nitrogen and oxygen atoms in total. The molecule has 0 unspecified atom stereocenters. The number of hydrogen-bond donors (Lipinski definition) is 1. The molecule has 1 saturated heterocycles. The van der Waals surface area contributed by atoms with Crippen molar-refractivity contribution < 1.29 is 9.59 Å². The number of nitrogen functional groups attached to an aromatic ring is 1. The first-order chi connectivity index (χ1) is 12.4. The van der Waals surface area contributed by atoms with Crippen molar-refractivity contribution in [2.45, 2.75) is 26.8 Å². The van der Waals surface area contributed by atoms with Crippen molar-refractivity contribution in [1.82, 2.24) is 19.6 Å². The van der Waals surface area contributed by atoms with E-state index in [-0.39, 0.29) is 11.8 Å². The fraction of sp³-hybridized carbons (Fsp3) is 0.421. The van der Waals surface area contributed by atoms with Crippen LogP contribution in [0, 0.1) is 13.8 Å². The molecule has 2 amide bonds. The van der Waals surface area contributed by atoms with Crippen LogP contribution in [0.15, 0.2) is 30.5 Å². The number of piperazine rings is 1. The van der Waals surface area contributed by atoms with Crippen molar-refractivity contribution in [2.75, 3.05) is 31.9 Å². The summed E-state index contributed by atoms with van der Waals surface area (Å²) in [5, 5.41) is 4.08. The Labute approximate surface area is 153 Å². The molecule has 0 radical (unpaired) electrons. The Kier molecular flexibility index (Phi) is 5.25. The molecule has 138 valence electrons. The van der Waals surface area contributed by atoms with E-state index in [0.717, 1.165) is 16.7 Å². The lowest BCUT2D eigenvalue weighted by molar-refractivity contribution is -0.132. The molecule has 2 N–H and O–H groups in total. The molecule has 7 heteroatoms.